The van der Waals surface area contributed by atoms with Crippen LogP contribution in [0.1, 0.15) is 36.7 Å². The molecule has 1 aliphatic heterocycles. The van der Waals surface area contributed by atoms with Gasteiger partial charge in [-0.15, -0.1) is 0 Å². The molecule has 0 saturated carbocycles. The standard InChI is InChI=1S/C21H30N6O2/c1-4-29-21(28)26-11-9-18(10-12-26)24-20(22)23-14-17-7-5-6-8-19(17)27-16(3)13-15(2)25-27/h5-8,13,18H,4,9-12,14H2,1-3H3,(H3,22,23,24). The Bertz CT molecular complexity index is 868. The van der Waals surface area contributed by atoms with Crippen molar-refractivity contribution in [3.8, 4) is 5.69 Å². The number of benzene rings is 1. The molecule has 1 aromatic carbocycles. The van der Waals surface area contributed by atoms with Crippen LogP contribution in [-0.2, 0) is 11.3 Å². The fraction of sp³-hybridized carbons (Fsp3) is 0.476. The number of aliphatic imine (C=N–C) groups is 1. The van der Waals surface area contributed by atoms with Crippen molar-refractivity contribution in [1.29, 1.82) is 0 Å². The number of nitrogens with one attached hydrogen (secondary N) is 1. The zero-order valence-electron chi connectivity index (χ0n) is 17.4. The van der Waals surface area contributed by atoms with Crippen molar-refractivity contribution >= 4 is 12.1 Å². The second-order valence-corrected chi connectivity index (χ2v) is 7.27. The lowest BCUT2D eigenvalue weighted by molar-refractivity contribution is 0.0963. The molecule has 1 aromatic heterocycles. The Hall–Kier alpha value is -3.03. The number of guanidine groups is 1. The molecule has 3 rings (SSSR count). The molecular weight excluding hydrogens is 368 g/mol. The highest BCUT2D eigenvalue weighted by atomic mass is 16.6. The number of nitrogens with zero attached hydrogens (tertiary/aromatic N) is 4. The van der Waals surface area contributed by atoms with Crippen molar-refractivity contribution in [2.24, 2.45) is 10.7 Å². The van der Waals surface area contributed by atoms with Gasteiger partial charge < -0.3 is 20.7 Å². The summed E-state index contributed by atoms with van der Waals surface area (Å²) in [5, 5.41) is 7.86. The number of carbonyl (C=O) groups is 1. The van der Waals surface area contributed by atoms with Gasteiger partial charge in [-0.25, -0.2) is 14.5 Å². The highest BCUT2D eigenvalue weighted by molar-refractivity contribution is 5.78. The summed E-state index contributed by atoms with van der Waals surface area (Å²) in [4.78, 5) is 18.1. The summed E-state index contributed by atoms with van der Waals surface area (Å²) in [6.45, 7) is 8.02. The number of piperidine rings is 1. The second kappa shape index (κ2) is 9.45. The maximum absolute atomic E-state index is 11.8. The summed E-state index contributed by atoms with van der Waals surface area (Å²) >= 11 is 0. The van der Waals surface area contributed by atoms with Crippen LogP contribution in [0.15, 0.2) is 35.3 Å². The van der Waals surface area contributed by atoms with Crippen LogP contribution in [0.4, 0.5) is 4.79 Å². The van der Waals surface area contributed by atoms with Crippen molar-refractivity contribution in [2.75, 3.05) is 19.7 Å². The highest BCUT2D eigenvalue weighted by Crippen LogP contribution is 2.18. The van der Waals surface area contributed by atoms with Gasteiger partial charge in [-0.1, -0.05) is 18.2 Å². The van der Waals surface area contributed by atoms with E-state index in [0.29, 0.717) is 32.2 Å². The van der Waals surface area contributed by atoms with Gasteiger partial charge in [-0.05, 0) is 51.3 Å². The molecule has 156 valence electrons. The van der Waals surface area contributed by atoms with E-state index in [2.05, 4.69) is 21.5 Å². The third-order valence-corrected chi connectivity index (χ3v) is 5.02. The van der Waals surface area contributed by atoms with Gasteiger partial charge in [0.25, 0.3) is 0 Å². The molecule has 0 spiro atoms. The number of para-hydroxylation sites is 1. The topological polar surface area (TPSA) is 97.8 Å². The minimum Gasteiger partial charge on any atom is -0.450 e. The number of ether oxygens (including phenoxy) is 1. The van der Waals surface area contributed by atoms with Gasteiger partial charge in [-0.3, -0.25) is 0 Å². The average Bonchev–Trinajstić information content (AvgIpc) is 3.05. The Morgan fingerprint density at radius 3 is 2.69 bits per heavy atom. The maximum Gasteiger partial charge on any atom is 0.409 e. The molecule has 8 heteroatoms. The zero-order valence-corrected chi connectivity index (χ0v) is 17.4. The van der Waals surface area contributed by atoms with E-state index in [0.717, 1.165) is 35.5 Å². The van der Waals surface area contributed by atoms with Crippen LogP contribution < -0.4 is 11.1 Å². The van der Waals surface area contributed by atoms with Gasteiger partial charge in [0, 0.05) is 24.8 Å². The summed E-state index contributed by atoms with van der Waals surface area (Å²) in [5.41, 5.74) is 10.3. The molecule has 0 radical (unpaired) electrons. The Balaban J connectivity index is 1.59. The number of carbonyl (C=O) groups excluding carboxylic acids is 1. The van der Waals surface area contributed by atoms with Crippen LogP contribution in [0.5, 0.6) is 0 Å². The number of aromatic nitrogens is 2. The van der Waals surface area contributed by atoms with Gasteiger partial charge in [0.15, 0.2) is 5.96 Å². The van der Waals surface area contributed by atoms with Crippen molar-refractivity contribution in [2.45, 2.75) is 46.2 Å². The summed E-state index contributed by atoms with van der Waals surface area (Å²) in [6.07, 6.45) is 1.39. The molecule has 1 fully saturated rings. The van der Waals surface area contributed by atoms with Crippen LogP contribution in [0.2, 0.25) is 0 Å². The first-order valence-corrected chi connectivity index (χ1v) is 10.1. The lowest BCUT2D eigenvalue weighted by Gasteiger charge is -2.31. The Morgan fingerprint density at radius 1 is 1.31 bits per heavy atom. The third kappa shape index (κ3) is 5.28. The summed E-state index contributed by atoms with van der Waals surface area (Å²) < 4.78 is 6.99. The predicted octanol–water partition coefficient (Wildman–Crippen LogP) is 2.51. The summed E-state index contributed by atoms with van der Waals surface area (Å²) in [7, 11) is 0. The van der Waals surface area contributed by atoms with E-state index in [1.54, 1.807) is 4.90 Å². The number of amides is 1. The first-order valence-electron chi connectivity index (χ1n) is 10.1. The van der Waals surface area contributed by atoms with E-state index >= 15 is 0 Å². The maximum atomic E-state index is 11.8. The highest BCUT2D eigenvalue weighted by Gasteiger charge is 2.23. The smallest absolute Gasteiger partial charge is 0.409 e. The minimum atomic E-state index is -0.242. The second-order valence-electron chi connectivity index (χ2n) is 7.27. The first kappa shape index (κ1) is 20.7. The fourth-order valence-electron chi connectivity index (χ4n) is 3.57. The van der Waals surface area contributed by atoms with E-state index < -0.39 is 0 Å². The number of nitrogens with two attached hydrogens (primary N) is 1. The van der Waals surface area contributed by atoms with Crippen LogP contribution in [0.3, 0.4) is 0 Å². The number of rotatable bonds is 5. The first-order chi connectivity index (χ1) is 14.0. The largest absolute Gasteiger partial charge is 0.450 e. The molecular formula is C21H30N6O2. The molecule has 0 unspecified atom stereocenters. The lowest BCUT2D eigenvalue weighted by Crippen LogP contribution is -2.48. The molecule has 1 aliphatic rings. The van der Waals surface area contributed by atoms with E-state index in [4.69, 9.17) is 10.5 Å². The molecule has 0 atom stereocenters. The summed E-state index contributed by atoms with van der Waals surface area (Å²) in [5.74, 6) is 0.419. The van der Waals surface area contributed by atoms with Crippen LogP contribution in [0, 0.1) is 13.8 Å². The normalized spacial score (nSPS) is 15.4. The molecule has 0 aliphatic carbocycles. The van der Waals surface area contributed by atoms with Crippen molar-refractivity contribution in [3.63, 3.8) is 0 Å². The van der Waals surface area contributed by atoms with E-state index in [-0.39, 0.29) is 12.1 Å². The van der Waals surface area contributed by atoms with Crippen molar-refractivity contribution in [3.05, 3.63) is 47.3 Å². The predicted molar refractivity (Wildman–Crippen MR) is 113 cm³/mol. The molecule has 1 amide bonds. The van der Waals surface area contributed by atoms with Gasteiger partial charge in [0.2, 0.25) is 0 Å². The lowest BCUT2D eigenvalue weighted by atomic mass is 10.1. The van der Waals surface area contributed by atoms with Gasteiger partial charge in [0.05, 0.1) is 24.5 Å². The number of aryl methyl sites for hydroxylation is 2. The quantitative estimate of drug-likeness (QED) is 0.596. The molecule has 2 aromatic rings. The van der Waals surface area contributed by atoms with Crippen LogP contribution in [-0.4, -0.2) is 52.5 Å². The van der Waals surface area contributed by atoms with Gasteiger partial charge in [-0.2, -0.15) is 5.10 Å². The molecule has 0 bridgehead atoms. The molecule has 2 heterocycles. The Kier molecular flexibility index (Phi) is 6.74. The molecule has 3 N–H and O–H groups in total. The minimum absolute atomic E-state index is 0.204. The SMILES string of the molecule is CCOC(=O)N1CCC(NC(N)=NCc2ccccc2-n2nc(C)cc2C)CC1. The van der Waals surface area contributed by atoms with E-state index in [1.165, 1.54) is 0 Å². The number of hydrogen-bond donors (Lipinski definition) is 2. The summed E-state index contributed by atoms with van der Waals surface area (Å²) in [6, 6.07) is 10.3. The van der Waals surface area contributed by atoms with Crippen LogP contribution >= 0.6 is 0 Å². The van der Waals surface area contributed by atoms with Crippen molar-refractivity contribution < 1.29 is 9.53 Å². The van der Waals surface area contributed by atoms with E-state index in [9.17, 15) is 4.79 Å². The molecule has 1 saturated heterocycles. The fourth-order valence-corrected chi connectivity index (χ4v) is 3.57. The van der Waals surface area contributed by atoms with Gasteiger partial charge in [0.1, 0.15) is 0 Å². The molecule has 8 nitrogen and oxygen atoms in total. The van der Waals surface area contributed by atoms with Crippen molar-refractivity contribution in [1.82, 2.24) is 20.0 Å². The molecule has 29 heavy (non-hydrogen) atoms. The Labute approximate surface area is 171 Å². The monoisotopic (exact) mass is 398 g/mol. The number of hydrogen-bond acceptors (Lipinski definition) is 4. The zero-order chi connectivity index (χ0) is 20.8. The average molecular weight is 399 g/mol. The van der Waals surface area contributed by atoms with Crippen LogP contribution in [0.25, 0.3) is 5.69 Å². The Morgan fingerprint density at radius 2 is 2.03 bits per heavy atom. The van der Waals surface area contributed by atoms with E-state index in [1.807, 2.05) is 49.7 Å². The third-order valence-electron chi connectivity index (χ3n) is 5.02. The van der Waals surface area contributed by atoms with Gasteiger partial charge >= 0.3 is 6.09 Å². The number of likely N-dealkylation sites (tertiary alicyclic amines) is 1.